The number of ether oxygens (including phenoxy) is 5. The quantitative estimate of drug-likeness (QED) is 0.524. The van der Waals surface area contributed by atoms with Gasteiger partial charge in [0, 0.05) is 31.7 Å². The van der Waals surface area contributed by atoms with Crippen LogP contribution in [0, 0.1) is 5.92 Å². The molecule has 3 aliphatic rings. The van der Waals surface area contributed by atoms with E-state index in [0.29, 0.717) is 47.8 Å². The Morgan fingerprint density at radius 1 is 1.00 bits per heavy atom. The fourth-order valence-corrected chi connectivity index (χ4v) is 5.47. The fourth-order valence-electron chi connectivity index (χ4n) is 5.47. The standard InChI is InChI=1S/C26H36N2O7/c1-27(2)10-7-11-28-23(17-13-20(33-5)21(34-6)14-18(17)32-4)22-24(29)16-9-8-15(31-3)12-19(16)35-25(22)26(28)30/h13-16,19,23H,7-12H2,1-6H3. The van der Waals surface area contributed by atoms with Crippen LogP contribution in [0.4, 0.5) is 0 Å². The van der Waals surface area contributed by atoms with Crippen molar-refractivity contribution >= 4 is 11.7 Å². The molecular formula is C26H36N2O7. The third-order valence-electron chi connectivity index (χ3n) is 7.27. The molecule has 4 rings (SSSR count). The highest BCUT2D eigenvalue weighted by Gasteiger charge is 2.53. The summed E-state index contributed by atoms with van der Waals surface area (Å²) in [5.74, 6) is 1.13. The van der Waals surface area contributed by atoms with Crippen LogP contribution in [0.2, 0.25) is 0 Å². The SMILES string of the molecule is COc1cc(OC)c(C2C3=C(OC4CC(OC)CCC4C3=O)C(=O)N2CCCN(C)C)cc1OC. The normalized spacial score (nSPS) is 26.0. The van der Waals surface area contributed by atoms with Gasteiger partial charge in [-0.15, -0.1) is 0 Å². The van der Waals surface area contributed by atoms with Gasteiger partial charge < -0.3 is 33.5 Å². The van der Waals surface area contributed by atoms with Crippen molar-refractivity contribution < 1.29 is 33.3 Å². The molecule has 2 heterocycles. The zero-order chi connectivity index (χ0) is 25.3. The number of Topliss-reactive ketones (excluding diaryl/α,β-unsaturated/α-hetero) is 1. The van der Waals surface area contributed by atoms with Crippen LogP contribution in [-0.2, 0) is 19.1 Å². The average molecular weight is 489 g/mol. The summed E-state index contributed by atoms with van der Waals surface area (Å²) in [6.07, 6.45) is 2.49. The Bertz CT molecular complexity index is 1010. The van der Waals surface area contributed by atoms with Gasteiger partial charge >= 0.3 is 0 Å². The minimum absolute atomic E-state index is 0.0175. The summed E-state index contributed by atoms with van der Waals surface area (Å²) >= 11 is 0. The zero-order valence-corrected chi connectivity index (χ0v) is 21.5. The average Bonchev–Trinajstić information content (AvgIpc) is 3.14. The Morgan fingerprint density at radius 2 is 1.69 bits per heavy atom. The topological polar surface area (TPSA) is 86.8 Å². The molecule has 0 spiro atoms. The lowest BCUT2D eigenvalue weighted by Gasteiger charge is -2.38. The number of carbonyl (C=O) groups is 2. The van der Waals surface area contributed by atoms with E-state index in [2.05, 4.69) is 4.90 Å². The molecule has 0 aromatic heterocycles. The summed E-state index contributed by atoms with van der Waals surface area (Å²) in [4.78, 5) is 31.4. The van der Waals surface area contributed by atoms with Gasteiger partial charge in [-0.05, 0) is 46.0 Å². The molecule has 0 N–H and O–H groups in total. The fraction of sp³-hybridized carbons (Fsp3) is 0.615. The molecule has 1 amide bonds. The van der Waals surface area contributed by atoms with Crippen molar-refractivity contribution in [3.05, 3.63) is 29.0 Å². The van der Waals surface area contributed by atoms with E-state index >= 15 is 0 Å². The minimum Gasteiger partial charge on any atom is -0.496 e. The second-order valence-electron chi connectivity index (χ2n) is 9.55. The Hall–Kier alpha value is -2.78. The van der Waals surface area contributed by atoms with E-state index in [0.717, 1.165) is 19.4 Å². The van der Waals surface area contributed by atoms with Crippen molar-refractivity contribution in [1.82, 2.24) is 9.80 Å². The third-order valence-corrected chi connectivity index (χ3v) is 7.27. The maximum Gasteiger partial charge on any atom is 0.290 e. The Balaban J connectivity index is 1.80. The van der Waals surface area contributed by atoms with Gasteiger partial charge in [0.15, 0.2) is 23.0 Å². The lowest BCUT2D eigenvalue weighted by molar-refractivity contribution is -0.138. The van der Waals surface area contributed by atoms with E-state index in [1.54, 1.807) is 45.5 Å². The number of carbonyl (C=O) groups excluding carboxylic acids is 2. The number of ketones is 1. The molecule has 0 saturated heterocycles. The third kappa shape index (κ3) is 4.59. The highest BCUT2D eigenvalue weighted by molar-refractivity contribution is 6.11. The number of methoxy groups -OCH3 is 4. The van der Waals surface area contributed by atoms with Crippen LogP contribution in [0.5, 0.6) is 17.2 Å². The van der Waals surface area contributed by atoms with Crippen LogP contribution >= 0.6 is 0 Å². The van der Waals surface area contributed by atoms with Crippen molar-refractivity contribution in [2.75, 3.05) is 55.6 Å². The van der Waals surface area contributed by atoms with Crippen molar-refractivity contribution in [2.24, 2.45) is 5.92 Å². The summed E-state index contributed by atoms with van der Waals surface area (Å²) in [5.41, 5.74) is 1.09. The molecule has 0 bridgehead atoms. The largest absolute Gasteiger partial charge is 0.496 e. The van der Waals surface area contributed by atoms with E-state index in [1.807, 2.05) is 14.1 Å². The van der Waals surface area contributed by atoms with Gasteiger partial charge in [-0.25, -0.2) is 0 Å². The molecule has 1 aromatic carbocycles. The predicted octanol–water partition coefficient (Wildman–Crippen LogP) is 2.58. The molecule has 2 aliphatic heterocycles. The van der Waals surface area contributed by atoms with Gasteiger partial charge in [-0.2, -0.15) is 0 Å². The highest BCUT2D eigenvalue weighted by Crippen LogP contribution is 2.50. The van der Waals surface area contributed by atoms with Crippen LogP contribution < -0.4 is 14.2 Å². The maximum absolute atomic E-state index is 13.9. The number of rotatable bonds is 9. The predicted molar refractivity (Wildman–Crippen MR) is 129 cm³/mol. The van der Waals surface area contributed by atoms with Gasteiger partial charge in [-0.1, -0.05) is 0 Å². The van der Waals surface area contributed by atoms with Gasteiger partial charge in [0.2, 0.25) is 0 Å². The number of benzene rings is 1. The van der Waals surface area contributed by atoms with Gasteiger partial charge in [-0.3, -0.25) is 9.59 Å². The van der Waals surface area contributed by atoms with Gasteiger partial charge in [0.25, 0.3) is 5.91 Å². The molecule has 192 valence electrons. The van der Waals surface area contributed by atoms with Crippen molar-refractivity contribution in [3.8, 4) is 17.2 Å². The number of nitrogens with zero attached hydrogens (tertiary/aromatic N) is 2. The Morgan fingerprint density at radius 3 is 2.31 bits per heavy atom. The first kappa shape index (κ1) is 25.3. The van der Waals surface area contributed by atoms with E-state index in [4.69, 9.17) is 23.7 Å². The van der Waals surface area contributed by atoms with Crippen LogP contribution in [0.3, 0.4) is 0 Å². The molecule has 9 nitrogen and oxygen atoms in total. The summed E-state index contributed by atoms with van der Waals surface area (Å²) < 4.78 is 28.5. The first-order chi connectivity index (χ1) is 16.8. The second-order valence-corrected chi connectivity index (χ2v) is 9.55. The van der Waals surface area contributed by atoms with E-state index in [9.17, 15) is 9.59 Å². The number of hydrogen-bond acceptors (Lipinski definition) is 8. The smallest absolute Gasteiger partial charge is 0.290 e. The molecule has 1 saturated carbocycles. The molecule has 1 fully saturated rings. The molecule has 4 unspecified atom stereocenters. The molecule has 0 radical (unpaired) electrons. The van der Waals surface area contributed by atoms with E-state index in [-0.39, 0.29) is 35.6 Å². The Labute approximate surface area is 206 Å². The number of amides is 1. The van der Waals surface area contributed by atoms with E-state index in [1.165, 1.54) is 0 Å². The highest BCUT2D eigenvalue weighted by atomic mass is 16.5. The summed E-state index contributed by atoms with van der Waals surface area (Å²) in [6.45, 7) is 1.28. The molecule has 35 heavy (non-hydrogen) atoms. The first-order valence-electron chi connectivity index (χ1n) is 12.1. The summed E-state index contributed by atoms with van der Waals surface area (Å²) in [7, 11) is 10.3. The number of hydrogen-bond donors (Lipinski definition) is 0. The summed E-state index contributed by atoms with van der Waals surface area (Å²) in [6, 6.07) is 2.91. The van der Waals surface area contributed by atoms with Gasteiger partial charge in [0.05, 0.1) is 45.0 Å². The monoisotopic (exact) mass is 488 g/mol. The molecule has 1 aliphatic carbocycles. The zero-order valence-electron chi connectivity index (χ0n) is 21.5. The summed E-state index contributed by atoms with van der Waals surface area (Å²) in [5, 5.41) is 0. The number of fused-ring (bicyclic) bond motifs is 1. The van der Waals surface area contributed by atoms with E-state index < -0.39 is 6.04 Å². The van der Waals surface area contributed by atoms with Crippen molar-refractivity contribution in [1.29, 1.82) is 0 Å². The van der Waals surface area contributed by atoms with Crippen LogP contribution in [-0.4, -0.2) is 89.3 Å². The van der Waals surface area contributed by atoms with Crippen LogP contribution in [0.1, 0.15) is 37.3 Å². The molecular weight excluding hydrogens is 452 g/mol. The van der Waals surface area contributed by atoms with Crippen LogP contribution in [0.15, 0.2) is 23.5 Å². The second kappa shape index (κ2) is 10.5. The molecule has 9 heteroatoms. The Kier molecular flexibility index (Phi) is 7.56. The lowest BCUT2D eigenvalue weighted by Crippen LogP contribution is -2.43. The molecule has 1 aromatic rings. The van der Waals surface area contributed by atoms with Crippen molar-refractivity contribution in [2.45, 2.75) is 43.9 Å². The van der Waals surface area contributed by atoms with Crippen LogP contribution in [0.25, 0.3) is 0 Å². The van der Waals surface area contributed by atoms with Gasteiger partial charge in [0.1, 0.15) is 11.9 Å². The minimum atomic E-state index is -0.622. The maximum atomic E-state index is 13.9. The van der Waals surface area contributed by atoms with Crippen molar-refractivity contribution in [3.63, 3.8) is 0 Å². The molecule has 4 atom stereocenters. The lowest BCUT2D eigenvalue weighted by atomic mass is 9.76. The first-order valence-corrected chi connectivity index (χ1v) is 12.1.